The fourth-order valence-corrected chi connectivity index (χ4v) is 4.86. The van der Waals surface area contributed by atoms with E-state index in [1.165, 1.54) is 23.6 Å². The predicted octanol–water partition coefficient (Wildman–Crippen LogP) is 4.41. The van der Waals surface area contributed by atoms with Crippen LogP contribution in [-0.4, -0.2) is 35.5 Å². The molecule has 0 radical (unpaired) electrons. The summed E-state index contributed by atoms with van der Waals surface area (Å²) >= 11 is 0. The lowest BCUT2D eigenvalue weighted by Gasteiger charge is -2.33. The number of hydrogen-bond donors (Lipinski definition) is 1. The van der Waals surface area contributed by atoms with E-state index in [0.717, 1.165) is 62.0 Å². The maximum absolute atomic E-state index is 12.8. The molecule has 3 aliphatic rings. The summed E-state index contributed by atoms with van der Waals surface area (Å²) < 4.78 is 33.0. The van der Waals surface area contributed by atoms with Crippen molar-refractivity contribution in [3.05, 3.63) is 52.2 Å². The zero-order valence-corrected chi connectivity index (χ0v) is 19.0. The lowest BCUT2D eigenvalue weighted by Crippen LogP contribution is -2.41. The molecule has 8 heteroatoms. The molecule has 33 heavy (non-hydrogen) atoms. The van der Waals surface area contributed by atoms with Crippen molar-refractivity contribution < 1.29 is 23.0 Å². The molecule has 1 amide bonds. The number of benzene rings is 1. The van der Waals surface area contributed by atoms with Gasteiger partial charge in [0.1, 0.15) is 11.6 Å². The molecule has 178 valence electrons. The standard InChI is InChI=1S/C17H23N3O2.C8H8F2O/c18-16-14-10-22-9-13(14)12-8-11(4-5-15(12)19-16)17(21)20-6-2-1-3-7-20;1-6-3-2-4-7(5-6)11-8(9)10/h11H,1-10H2,(H2,18,19);2-5,8H,1H3/t11-;/m0./s1. The molecule has 1 saturated heterocycles. The van der Waals surface area contributed by atoms with Crippen LogP contribution in [0.15, 0.2) is 24.3 Å². The molecule has 5 rings (SSSR count). The number of carbonyl (C=O) groups is 1. The second-order valence-corrected chi connectivity index (χ2v) is 8.89. The first kappa shape index (κ1) is 23.4. The maximum Gasteiger partial charge on any atom is 0.387 e. The first-order valence-corrected chi connectivity index (χ1v) is 11.6. The van der Waals surface area contributed by atoms with E-state index >= 15 is 0 Å². The van der Waals surface area contributed by atoms with Gasteiger partial charge in [0.15, 0.2) is 0 Å². The first-order valence-electron chi connectivity index (χ1n) is 11.6. The average molecular weight is 460 g/mol. The third-order valence-corrected chi connectivity index (χ3v) is 6.55. The minimum atomic E-state index is -2.74. The van der Waals surface area contributed by atoms with Crippen molar-refractivity contribution in [3.63, 3.8) is 0 Å². The van der Waals surface area contributed by atoms with E-state index < -0.39 is 6.61 Å². The molecule has 3 heterocycles. The summed E-state index contributed by atoms with van der Waals surface area (Å²) in [6, 6.07) is 6.55. The van der Waals surface area contributed by atoms with Crippen molar-refractivity contribution in [2.45, 2.75) is 65.3 Å². The number of carbonyl (C=O) groups excluding carboxylic acids is 1. The third-order valence-electron chi connectivity index (χ3n) is 6.55. The number of hydrogen-bond acceptors (Lipinski definition) is 5. The number of aryl methyl sites for hydroxylation is 2. The van der Waals surface area contributed by atoms with Gasteiger partial charge in [0, 0.05) is 30.3 Å². The Morgan fingerprint density at radius 3 is 2.67 bits per heavy atom. The molecule has 6 nitrogen and oxygen atoms in total. The molecule has 1 fully saturated rings. The highest BCUT2D eigenvalue weighted by Gasteiger charge is 2.33. The van der Waals surface area contributed by atoms with E-state index in [-0.39, 0.29) is 11.7 Å². The van der Waals surface area contributed by atoms with Gasteiger partial charge in [0.2, 0.25) is 5.91 Å². The molecule has 0 spiro atoms. The van der Waals surface area contributed by atoms with Crippen molar-refractivity contribution in [1.29, 1.82) is 0 Å². The molecule has 2 aromatic rings. The normalized spacial score (nSPS) is 19.4. The monoisotopic (exact) mass is 459 g/mol. The molecule has 0 bridgehead atoms. The number of rotatable bonds is 3. The summed E-state index contributed by atoms with van der Waals surface area (Å²) in [5.41, 5.74) is 11.5. The van der Waals surface area contributed by atoms with Crippen molar-refractivity contribution in [3.8, 4) is 5.75 Å². The van der Waals surface area contributed by atoms with Crippen LogP contribution in [0, 0.1) is 12.8 Å². The quantitative estimate of drug-likeness (QED) is 0.736. The highest BCUT2D eigenvalue weighted by molar-refractivity contribution is 5.79. The van der Waals surface area contributed by atoms with Gasteiger partial charge in [-0.2, -0.15) is 8.78 Å². The lowest BCUT2D eigenvalue weighted by atomic mass is 9.82. The highest BCUT2D eigenvalue weighted by atomic mass is 19.3. The molecule has 0 saturated carbocycles. The Hall–Kier alpha value is -2.74. The van der Waals surface area contributed by atoms with Crippen LogP contribution >= 0.6 is 0 Å². The SMILES string of the molecule is Cc1cccc(OC(F)F)c1.Nc1nc2c(c3c1COC3)C[C@@H](C(=O)N1CCCCC1)CC2. The van der Waals surface area contributed by atoms with Crippen LogP contribution in [0.5, 0.6) is 5.75 Å². The van der Waals surface area contributed by atoms with Crippen LogP contribution in [0.25, 0.3) is 0 Å². The fraction of sp³-hybridized carbons (Fsp3) is 0.520. The van der Waals surface area contributed by atoms with Crippen molar-refractivity contribution in [1.82, 2.24) is 9.88 Å². The van der Waals surface area contributed by atoms with Crippen LogP contribution in [0.4, 0.5) is 14.6 Å². The molecule has 2 N–H and O–H groups in total. The number of nitrogens with zero attached hydrogens (tertiary/aromatic N) is 2. The van der Waals surface area contributed by atoms with E-state index in [2.05, 4.69) is 14.6 Å². The molecular weight excluding hydrogens is 428 g/mol. The first-order chi connectivity index (χ1) is 15.9. The summed E-state index contributed by atoms with van der Waals surface area (Å²) in [6.45, 7) is 2.13. The number of anilines is 1. The second kappa shape index (κ2) is 10.5. The molecule has 1 aromatic carbocycles. The number of fused-ring (bicyclic) bond motifs is 3. The van der Waals surface area contributed by atoms with Gasteiger partial charge in [0.25, 0.3) is 0 Å². The van der Waals surface area contributed by atoms with Gasteiger partial charge in [-0.25, -0.2) is 4.98 Å². The number of likely N-dealkylation sites (tertiary alicyclic amines) is 1. The number of halogens is 2. The Morgan fingerprint density at radius 1 is 1.18 bits per heavy atom. The number of nitrogen functional groups attached to an aromatic ring is 1. The molecule has 1 aromatic heterocycles. The van der Waals surface area contributed by atoms with Crippen LogP contribution in [0.3, 0.4) is 0 Å². The summed E-state index contributed by atoms with van der Waals surface area (Å²) in [5, 5.41) is 0. The molecule has 1 atom stereocenters. The molecule has 1 aliphatic carbocycles. The predicted molar refractivity (Wildman–Crippen MR) is 121 cm³/mol. The number of nitrogens with two attached hydrogens (primary N) is 1. The van der Waals surface area contributed by atoms with Crippen molar-refractivity contribution >= 4 is 11.7 Å². The van der Waals surface area contributed by atoms with E-state index in [0.29, 0.717) is 24.9 Å². The van der Waals surface area contributed by atoms with Gasteiger partial charge in [0.05, 0.1) is 13.2 Å². The zero-order valence-electron chi connectivity index (χ0n) is 19.0. The van der Waals surface area contributed by atoms with Gasteiger partial charge in [-0.3, -0.25) is 4.79 Å². The van der Waals surface area contributed by atoms with Crippen LogP contribution in [-0.2, 0) is 35.6 Å². The number of pyridine rings is 1. The molecule has 0 unspecified atom stereocenters. The van der Waals surface area contributed by atoms with Crippen LogP contribution in [0.2, 0.25) is 0 Å². The highest BCUT2D eigenvalue weighted by Crippen LogP contribution is 2.35. The largest absolute Gasteiger partial charge is 0.435 e. The van der Waals surface area contributed by atoms with E-state index in [4.69, 9.17) is 10.5 Å². The van der Waals surface area contributed by atoms with Crippen LogP contribution < -0.4 is 10.5 Å². The van der Waals surface area contributed by atoms with Gasteiger partial charge in [-0.15, -0.1) is 0 Å². The second-order valence-electron chi connectivity index (χ2n) is 8.89. The number of alkyl halides is 2. The van der Waals surface area contributed by atoms with Gasteiger partial charge in [-0.05, 0) is 74.3 Å². The zero-order chi connectivity index (χ0) is 23.4. The van der Waals surface area contributed by atoms with Gasteiger partial charge in [-0.1, -0.05) is 12.1 Å². The minimum Gasteiger partial charge on any atom is -0.435 e. The number of amides is 1. The van der Waals surface area contributed by atoms with Crippen molar-refractivity contribution in [2.75, 3.05) is 18.8 Å². The number of piperidine rings is 1. The van der Waals surface area contributed by atoms with Gasteiger partial charge >= 0.3 is 6.61 Å². The number of aromatic nitrogens is 1. The van der Waals surface area contributed by atoms with Gasteiger partial charge < -0.3 is 20.1 Å². The fourth-order valence-electron chi connectivity index (χ4n) is 4.86. The molecule has 2 aliphatic heterocycles. The Balaban J connectivity index is 0.000000200. The average Bonchev–Trinajstić information content (AvgIpc) is 3.30. The minimum absolute atomic E-state index is 0.112. The Labute approximate surface area is 193 Å². The van der Waals surface area contributed by atoms with Crippen molar-refractivity contribution in [2.24, 2.45) is 5.92 Å². The molecular formula is C25H31F2N3O3. The summed E-state index contributed by atoms with van der Waals surface area (Å²) in [6.07, 6.45) is 6.12. The van der Waals surface area contributed by atoms with E-state index in [1.54, 1.807) is 12.1 Å². The summed E-state index contributed by atoms with van der Waals surface area (Å²) in [5.74, 6) is 1.28. The Bertz CT molecular complexity index is 993. The van der Waals surface area contributed by atoms with E-state index in [1.807, 2.05) is 13.0 Å². The Kier molecular flexibility index (Phi) is 7.42. The lowest BCUT2D eigenvalue weighted by molar-refractivity contribution is -0.136. The third kappa shape index (κ3) is 5.61. The summed E-state index contributed by atoms with van der Waals surface area (Å²) in [4.78, 5) is 19.4. The summed E-state index contributed by atoms with van der Waals surface area (Å²) in [7, 11) is 0. The number of ether oxygens (including phenoxy) is 2. The smallest absolute Gasteiger partial charge is 0.387 e. The topological polar surface area (TPSA) is 77.7 Å². The Morgan fingerprint density at radius 2 is 1.94 bits per heavy atom. The maximum atomic E-state index is 12.8. The van der Waals surface area contributed by atoms with E-state index in [9.17, 15) is 13.6 Å². The van der Waals surface area contributed by atoms with Crippen LogP contribution in [0.1, 0.15) is 53.6 Å².